The van der Waals surface area contributed by atoms with Crippen LogP contribution in [0.1, 0.15) is 25.0 Å². The Labute approximate surface area is 414 Å². The first-order chi connectivity index (χ1) is 35.0. The monoisotopic (exact) mass is 904 g/mol. The van der Waals surface area contributed by atoms with Gasteiger partial charge in [0, 0.05) is 38.8 Å². The summed E-state index contributed by atoms with van der Waals surface area (Å²) in [5, 5.41) is 10.1. The van der Waals surface area contributed by atoms with E-state index in [0.29, 0.717) is 0 Å². The number of nitrogens with zero attached hydrogens (tertiary/aromatic N) is 2. The lowest BCUT2D eigenvalue weighted by Crippen LogP contribution is -2.16. The molecule has 1 aliphatic carbocycles. The Morgan fingerprint density at radius 1 is 0.296 bits per heavy atom. The van der Waals surface area contributed by atoms with Crippen LogP contribution in [0.25, 0.3) is 104 Å². The molecule has 0 spiro atoms. The number of hydrogen-bond donors (Lipinski definition) is 0. The Balaban J connectivity index is 0.899. The third-order valence-corrected chi connectivity index (χ3v) is 15.4. The molecule has 0 radical (unpaired) electrons. The summed E-state index contributed by atoms with van der Waals surface area (Å²) in [6.45, 7) is 4.72. The maximum absolute atomic E-state index is 2.48. The van der Waals surface area contributed by atoms with Crippen molar-refractivity contribution in [1.29, 1.82) is 0 Å². The molecule has 71 heavy (non-hydrogen) atoms. The number of anilines is 3. The van der Waals surface area contributed by atoms with Crippen LogP contribution in [-0.4, -0.2) is 4.57 Å². The summed E-state index contributed by atoms with van der Waals surface area (Å²) in [6.07, 6.45) is 0. The number of aromatic nitrogens is 1. The van der Waals surface area contributed by atoms with E-state index in [1.54, 1.807) is 0 Å². The van der Waals surface area contributed by atoms with Crippen LogP contribution in [-0.2, 0) is 5.41 Å². The van der Waals surface area contributed by atoms with Crippen molar-refractivity contribution in [3.63, 3.8) is 0 Å². The fraction of sp³-hybridized carbons (Fsp3) is 0.0435. The molecule has 14 rings (SSSR count). The highest BCUT2D eigenvalue weighted by Crippen LogP contribution is 2.51. The summed E-state index contributed by atoms with van der Waals surface area (Å²) < 4.78 is 2.48. The maximum Gasteiger partial charge on any atom is 0.0547 e. The van der Waals surface area contributed by atoms with Crippen molar-refractivity contribution in [1.82, 2.24) is 4.57 Å². The fourth-order valence-electron chi connectivity index (χ4n) is 11.9. The summed E-state index contributed by atoms with van der Waals surface area (Å²) in [5.41, 5.74) is 19.3. The van der Waals surface area contributed by atoms with Gasteiger partial charge in [-0.1, -0.05) is 208 Å². The average Bonchev–Trinajstić information content (AvgIpc) is 3.88. The molecule has 0 unspecified atom stereocenters. The lowest BCUT2D eigenvalue weighted by atomic mass is 9.82. The molecule has 334 valence electrons. The van der Waals surface area contributed by atoms with Crippen LogP contribution in [0.15, 0.2) is 255 Å². The van der Waals surface area contributed by atoms with Gasteiger partial charge in [-0.15, -0.1) is 0 Å². The SMILES string of the molecule is CC1(C)c2ccccc2-c2ccc(N(c3ccc(-c4ccccc4-n4c5ccccc5c5ccc(-c6cc7ccccc7c7ccccc67)cc54)cc3)c3ccc(-c4cccc5ccccc45)cc3)cc21. The van der Waals surface area contributed by atoms with E-state index in [9.17, 15) is 0 Å². The zero-order valence-electron chi connectivity index (χ0n) is 39.6. The summed E-state index contributed by atoms with van der Waals surface area (Å²) in [5.74, 6) is 0. The number of hydrogen-bond acceptors (Lipinski definition) is 1. The van der Waals surface area contributed by atoms with Crippen LogP contribution < -0.4 is 4.90 Å². The molecule has 0 amide bonds. The third-order valence-electron chi connectivity index (χ3n) is 15.4. The van der Waals surface area contributed by atoms with Crippen LogP contribution in [0.2, 0.25) is 0 Å². The minimum atomic E-state index is -0.129. The molecule has 12 aromatic carbocycles. The molecule has 0 atom stereocenters. The standard InChI is InChI=1S/C69H48N2/c1-69(2)64-27-12-9-24-59(64)60-41-39-52(44-65(60)69)70(50-35-30-46(31-36-50)54-26-15-18-45-16-3-5-19-53(45)54)51-37-32-47(33-38-51)56-21-10-13-28-66(56)71-67-29-14-11-25-61(67)62-40-34-49(43-68(62)71)63-42-48-17-4-6-20-55(48)57-22-7-8-23-58(57)63/h3-44H,1-2H3. The van der Waals surface area contributed by atoms with Gasteiger partial charge in [0.25, 0.3) is 0 Å². The predicted octanol–water partition coefficient (Wildman–Crippen LogP) is 19.0. The second-order valence-corrected chi connectivity index (χ2v) is 19.6. The minimum absolute atomic E-state index is 0.129. The molecule has 0 bridgehead atoms. The number of benzene rings is 12. The molecule has 13 aromatic rings. The Hall–Kier alpha value is -8.98. The number of rotatable bonds is 7. The van der Waals surface area contributed by atoms with Gasteiger partial charge in [0.2, 0.25) is 0 Å². The van der Waals surface area contributed by atoms with Crippen LogP contribution in [0.3, 0.4) is 0 Å². The van der Waals surface area contributed by atoms with E-state index in [0.717, 1.165) is 28.3 Å². The first-order valence-corrected chi connectivity index (χ1v) is 24.7. The molecule has 0 aliphatic heterocycles. The molecule has 1 aromatic heterocycles. The summed E-state index contributed by atoms with van der Waals surface area (Å²) in [7, 11) is 0. The predicted molar refractivity (Wildman–Crippen MR) is 302 cm³/mol. The van der Waals surface area contributed by atoms with Gasteiger partial charge in [0.05, 0.1) is 16.7 Å². The van der Waals surface area contributed by atoms with Crippen LogP contribution in [0, 0.1) is 0 Å². The van der Waals surface area contributed by atoms with Gasteiger partial charge in [-0.25, -0.2) is 0 Å². The Bertz CT molecular complexity index is 4240. The average molecular weight is 905 g/mol. The molecule has 0 N–H and O–H groups in total. The third kappa shape index (κ3) is 6.49. The largest absolute Gasteiger partial charge is 0.310 e. The van der Waals surface area contributed by atoms with Crippen LogP contribution >= 0.6 is 0 Å². The van der Waals surface area contributed by atoms with E-state index in [4.69, 9.17) is 0 Å². The summed E-state index contributed by atoms with van der Waals surface area (Å²) in [6, 6.07) is 94.3. The normalized spacial score (nSPS) is 12.8. The van der Waals surface area contributed by atoms with E-state index in [2.05, 4.69) is 278 Å². The fourth-order valence-corrected chi connectivity index (χ4v) is 11.9. The molecule has 2 nitrogen and oxygen atoms in total. The molecule has 0 saturated carbocycles. The molecule has 0 fully saturated rings. The first-order valence-electron chi connectivity index (χ1n) is 24.7. The van der Waals surface area contributed by atoms with Gasteiger partial charge in [-0.05, 0) is 143 Å². The molecular formula is C69H48N2. The molecular weight excluding hydrogens is 857 g/mol. The van der Waals surface area contributed by atoms with E-state index < -0.39 is 0 Å². The van der Waals surface area contributed by atoms with Crippen LogP contribution in [0.5, 0.6) is 0 Å². The van der Waals surface area contributed by atoms with Crippen molar-refractivity contribution >= 4 is 71.2 Å². The zero-order chi connectivity index (χ0) is 47.2. The first kappa shape index (κ1) is 41.0. The van der Waals surface area contributed by atoms with Crippen molar-refractivity contribution < 1.29 is 0 Å². The van der Waals surface area contributed by atoms with Crippen molar-refractivity contribution in [2.24, 2.45) is 0 Å². The summed E-state index contributed by atoms with van der Waals surface area (Å²) in [4.78, 5) is 2.42. The van der Waals surface area contributed by atoms with E-state index in [1.807, 2.05) is 0 Å². The van der Waals surface area contributed by atoms with E-state index in [1.165, 1.54) is 104 Å². The van der Waals surface area contributed by atoms with Gasteiger partial charge in [-0.2, -0.15) is 0 Å². The van der Waals surface area contributed by atoms with Crippen molar-refractivity contribution in [3.8, 4) is 50.2 Å². The van der Waals surface area contributed by atoms with Gasteiger partial charge >= 0.3 is 0 Å². The van der Waals surface area contributed by atoms with Gasteiger partial charge < -0.3 is 9.47 Å². The Morgan fingerprint density at radius 2 is 0.831 bits per heavy atom. The molecule has 1 aliphatic rings. The van der Waals surface area contributed by atoms with Crippen molar-refractivity contribution in [3.05, 3.63) is 266 Å². The Kier molecular flexibility index (Phi) is 9.28. The zero-order valence-corrected chi connectivity index (χ0v) is 39.6. The topological polar surface area (TPSA) is 8.17 Å². The van der Waals surface area contributed by atoms with Gasteiger partial charge in [0.15, 0.2) is 0 Å². The van der Waals surface area contributed by atoms with Gasteiger partial charge in [-0.3, -0.25) is 0 Å². The van der Waals surface area contributed by atoms with Crippen LogP contribution in [0.4, 0.5) is 17.1 Å². The number of fused-ring (bicyclic) bond motifs is 10. The Morgan fingerprint density at radius 3 is 1.62 bits per heavy atom. The van der Waals surface area contributed by atoms with Crippen molar-refractivity contribution in [2.75, 3.05) is 4.90 Å². The second kappa shape index (κ2) is 16.1. The quantitative estimate of drug-likeness (QED) is 0.145. The lowest BCUT2D eigenvalue weighted by Gasteiger charge is -2.28. The van der Waals surface area contributed by atoms with E-state index >= 15 is 0 Å². The number of para-hydroxylation sites is 2. The highest BCUT2D eigenvalue weighted by molar-refractivity contribution is 6.16. The lowest BCUT2D eigenvalue weighted by molar-refractivity contribution is 0.660. The summed E-state index contributed by atoms with van der Waals surface area (Å²) >= 11 is 0. The molecule has 1 heterocycles. The van der Waals surface area contributed by atoms with Gasteiger partial charge in [0.1, 0.15) is 0 Å². The highest BCUT2D eigenvalue weighted by atomic mass is 15.1. The second-order valence-electron chi connectivity index (χ2n) is 19.6. The minimum Gasteiger partial charge on any atom is -0.310 e. The van der Waals surface area contributed by atoms with E-state index in [-0.39, 0.29) is 5.41 Å². The molecule has 2 heteroatoms. The smallest absolute Gasteiger partial charge is 0.0547 e. The highest BCUT2D eigenvalue weighted by Gasteiger charge is 2.36. The maximum atomic E-state index is 2.48. The van der Waals surface area contributed by atoms with Crippen molar-refractivity contribution in [2.45, 2.75) is 19.3 Å². The molecule has 0 saturated heterocycles.